The first-order valence-electron chi connectivity index (χ1n) is 8.18. The Bertz CT molecular complexity index is 915. The summed E-state index contributed by atoms with van der Waals surface area (Å²) >= 11 is 0. The monoisotopic (exact) mass is 353 g/mol. The Morgan fingerprint density at radius 3 is 2.65 bits per heavy atom. The van der Waals surface area contributed by atoms with Gasteiger partial charge < -0.3 is 14.8 Å². The number of nitrogens with one attached hydrogen (secondary N) is 1. The molecule has 1 heterocycles. The molecule has 0 spiro atoms. The average molecular weight is 353 g/mol. The molecule has 0 aliphatic rings. The van der Waals surface area contributed by atoms with E-state index in [1.807, 2.05) is 31.2 Å². The fourth-order valence-corrected chi connectivity index (χ4v) is 2.44. The number of rotatable bonds is 6. The van der Waals surface area contributed by atoms with Crippen LogP contribution < -0.4 is 14.8 Å². The zero-order valence-corrected chi connectivity index (χ0v) is 14.9. The summed E-state index contributed by atoms with van der Waals surface area (Å²) in [4.78, 5) is 8.72. The third kappa shape index (κ3) is 4.47. The third-order valence-electron chi connectivity index (χ3n) is 3.77. The van der Waals surface area contributed by atoms with Crippen molar-refractivity contribution in [2.24, 2.45) is 0 Å². The summed E-state index contributed by atoms with van der Waals surface area (Å²) in [5, 5.41) is 3.08. The third-order valence-corrected chi connectivity index (χ3v) is 3.77. The summed E-state index contributed by atoms with van der Waals surface area (Å²) in [7, 11) is 1.63. The highest BCUT2D eigenvalue weighted by molar-refractivity contribution is 5.55. The van der Waals surface area contributed by atoms with Gasteiger partial charge in [-0.2, -0.15) is 4.98 Å². The van der Waals surface area contributed by atoms with Gasteiger partial charge >= 0.3 is 0 Å². The van der Waals surface area contributed by atoms with Crippen LogP contribution in [0, 0.1) is 19.7 Å². The lowest BCUT2D eigenvalue weighted by molar-refractivity contribution is 0.292. The van der Waals surface area contributed by atoms with E-state index in [2.05, 4.69) is 15.3 Å². The van der Waals surface area contributed by atoms with Crippen LogP contribution in [0.5, 0.6) is 11.6 Å². The van der Waals surface area contributed by atoms with Gasteiger partial charge in [0.1, 0.15) is 18.2 Å². The van der Waals surface area contributed by atoms with Crippen molar-refractivity contribution in [1.82, 2.24) is 9.97 Å². The van der Waals surface area contributed by atoms with Crippen molar-refractivity contribution in [3.63, 3.8) is 0 Å². The van der Waals surface area contributed by atoms with Gasteiger partial charge in [0.05, 0.1) is 7.11 Å². The molecular weight excluding hydrogens is 333 g/mol. The Morgan fingerprint density at radius 1 is 1.04 bits per heavy atom. The van der Waals surface area contributed by atoms with Crippen molar-refractivity contribution in [2.75, 3.05) is 12.4 Å². The number of benzene rings is 2. The van der Waals surface area contributed by atoms with Crippen LogP contribution in [-0.4, -0.2) is 17.1 Å². The quantitative estimate of drug-likeness (QED) is 0.704. The first-order chi connectivity index (χ1) is 12.5. The second-order valence-electron chi connectivity index (χ2n) is 5.90. The summed E-state index contributed by atoms with van der Waals surface area (Å²) in [6.07, 6.45) is 0. The molecule has 3 rings (SSSR count). The number of aromatic nitrogens is 2. The van der Waals surface area contributed by atoms with Crippen LogP contribution in [0.3, 0.4) is 0 Å². The van der Waals surface area contributed by atoms with Crippen molar-refractivity contribution >= 4 is 11.6 Å². The van der Waals surface area contributed by atoms with E-state index in [-0.39, 0.29) is 5.82 Å². The molecule has 0 saturated heterocycles. The SMILES string of the molecule is COc1cccc(COc2cc(C)nc(Nc3ccc(F)c(C)c3)n2)c1. The van der Waals surface area contributed by atoms with Crippen LogP contribution in [0.15, 0.2) is 48.5 Å². The maximum Gasteiger partial charge on any atom is 0.230 e. The molecule has 3 aromatic rings. The summed E-state index contributed by atoms with van der Waals surface area (Å²) in [5.41, 5.74) is 3.01. The number of anilines is 2. The van der Waals surface area contributed by atoms with E-state index in [1.54, 1.807) is 32.2 Å². The summed E-state index contributed by atoms with van der Waals surface area (Å²) < 4.78 is 24.4. The van der Waals surface area contributed by atoms with Crippen LogP contribution in [0.2, 0.25) is 0 Å². The van der Waals surface area contributed by atoms with E-state index in [1.165, 1.54) is 6.07 Å². The van der Waals surface area contributed by atoms with Crippen LogP contribution in [-0.2, 0) is 6.61 Å². The van der Waals surface area contributed by atoms with Gasteiger partial charge in [0.2, 0.25) is 11.8 Å². The van der Waals surface area contributed by atoms with E-state index < -0.39 is 0 Å². The molecule has 0 radical (unpaired) electrons. The van der Waals surface area contributed by atoms with E-state index in [0.717, 1.165) is 17.0 Å². The number of aryl methyl sites for hydroxylation is 2. The molecule has 0 atom stereocenters. The number of ether oxygens (including phenoxy) is 2. The number of hydrogen-bond acceptors (Lipinski definition) is 5. The molecule has 0 saturated carbocycles. The molecule has 1 aromatic heterocycles. The van der Waals surface area contributed by atoms with Crippen molar-refractivity contribution in [2.45, 2.75) is 20.5 Å². The first-order valence-corrected chi connectivity index (χ1v) is 8.18. The predicted molar refractivity (Wildman–Crippen MR) is 98.5 cm³/mol. The standard InChI is InChI=1S/C20H20FN3O2/c1-13-9-16(7-8-18(13)21)23-20-22-14(2)10-19(24-20)26-12-15-5-4-6-17(11-15)25-3/h4-11H,12H2,1-3H3,(H,22,23,24). The minimum atomic E-state index is -0.247. The molecule has 0 aliphatic carbocycles. The molecule has 1 N–H and O–H groups in total. The Balaban J connectivity index is 1.73. The fourth-order valence-electron chi connectivity index (χ4n) is 2.44. The lowest BCUT2D eigenvalue weighted by atomic mass is 10.2. The molecule has 0 unspecified atom stereocenters. The number of methoxy groups -OCH3 is 1. The van der Waals surface area contributed by atoms with Crippen LogP contribution in [0.25, 0.3) is 0 Å². The Morgan fingerprint density at radius 2 is 1.88 bits per heavy atom. The normalized spacial score (nSPS) is 10.5. The van der Waals surface area contributed by atoms with Gasteiger partial charge in [-0.25, -0.2) is 9.37 Å². The van der Waals surface area contributed by atoms with Crippen LogP contribution in [0.4, 0.5) is 16.0 Å². The topological polar surface area (TPSA) is 56.3 Å². The highest BCUT2D eigenvalue weighted by Crippen LogP contribution is 2.20. The predicted octanol–water partition coefficient (Wildman–Crippen LogP) is 4.56. The van der Waals surface area contributed by atoms with E-state index in [9.17, 15) is 4.39 Å². The highest BCUT2D eigenvalue weighted by atomic mass is 19.1. The van der Waals surface area contributed by atoms with E-state index >= 15 is 0 Å². The Kier molecular flexibility index (Phi) is 5.31. The molecule has 0 aliphatic heterocycles. The second kappa shape index (κ2) is 7.82. The lowest BCUT2D eigenvalue weighted by Crippen LogP contribution is -2.03. The molecule has 5 nitrogen and oxygen atoms in total. The zero-order chi connectivity index (χ0) is 18.5. The first kappa shape index (κ1) is 17.7. The Hall–Kier alpha value is -3.15. The second-order valence-corrected chi connectivity index (χ2v) is 5.90. The van der Waals surface area contributed by atoms with Gasteiger partial charge in [0.25, 0.3) is 0 Å². The highest BCUT2D eigenvalue weighted by Gasteiger charge is 2.06. The lowest BCUT2D eigenvalue weighted by Gasteiger charge is -2.10. The van der Waals surface area contributed by atoms with Crippen LogP contribution in [0.1, 0.15) is 16.8 Å². The molecule has 6 heteroatoms. The average Bonchev–Trinajstić information content (AvgIpc) is 2.63. The van der Waals surface area contributed by atoms with Gasteiger partial charge in [0.15, 0.2) is 0 Å². The number of halogens is 1. The van der Waals surface area contributed by atoms with Crippen molar-refractivity contribution in [3.8, 4) is 11.6 Å². The van der Waals surface area contributed by atoms with E-state index in [0.29, 0.717) is 29.7 Å². The van der Waals surface area contributed by atoms with Gasteiger partial charge in [-0.1, -0.05) is 12.1 Å². The number of nitrogens with zero attached hydrogens (tertiary/aromatic N) is 2. The summed E-state index contributed by atoms with van der Waals surface area (Å²) in [5.74, 6) is 1.39. The molecule has 134 valence electrons. The van der Waals surface area contributed by atoms with E-state index in [4.69, 9.17) is 9.47 Å². The minimum absolute atomic E-state index is 0.247. The summed E-state index contributed by atoms with van der Waals surface area (Å²) in [6.45, 7) is 3.93. The fraction of sp³-hybridized carbons (Fsp3) is 0.200. The molecule has 0 bridgehead atoms. The summed E-state index contributed by atoms with van der Waals surface area (Å²) in [6, 6.07) is 14.2. The van der Waals surface area contributed by atoms with Gasteiger partial charge in [-0.05, 0) is 55.3 Å². The maximum atomic E-state index is 13.4. The molecule has 26 heavy (non-hydrogen) atoms. The van der Waals surface area contributed by atoms with Gasteiger partial charge in [-0.15, -0.1) is 0 Å². The van der Waals surface area contributed by atoms with Crippen molar-refractivity contribution in [1.29, 1.82) is 0 Å². The van der Waals surface area contributed by atoms with Gasteiger partial charge in [0, 0.05) is 17.4 Å². The van der Waals surface area contributed by atoms with Crippen molar-refractivity contribution in [3.05, 3.63) is 71.2 Å². The minimum Gasteiger partial charge on any atom is -0.497 e. The van der Waals surface area contributed by atoms with Crippen molar-refractivity contribution < 1.29 is 13.9 Å². The van der Waals surface area contributed by atoms with Crippen LogP contribution >= 0.6 is 0 Å². The molecule has 0 amide bonds. The molecule has 0 fully saturated rings. The number of hydrogen-bond donors (Lipinski definition) is 1. The maximum absolute atomic E-state index is 13.4. The Labute approximate surface area is 151 Å². The molecular formula is C20H20FN3O2. The largest absolute Gasteiger partial charge is 0.497 e. The van der Waals surface area contributed by atoms with Gasteiger partial charge in [-0.3, -0.25) is 0 Å². The molecule has 2 aromatic carbocycles. The zero-order valence-electron chi connectivity index (χ0n) is 14.9. The smallest absolute Gasteiger partial charge is 0.230 e.